The fraction of sp³-hybridized carbons (Fsp3) is 0.588. The zero-order valence-electron chi connectivity index (χ0n) is 13.9. The van der Waals surface area contributed by atoms with E-state index in [9.17, 15) is 4.79 Å². The van der Waals surface area contributed by atoms with Crippen molar-refractivity contribution < 1.29 is 9.53 Å². The summed E-state index contributed by atoms with van der Waals surface area (Å²) in [6.45, 7) is 8.43. The number of carbonyl (C=O) groups is 1. The zero-order valence-corrected chi connectivity index (χ0v) is 13.9. The Balaban J connectivity index is 2.14. The van der Waals surface area contributed by atoms with Crippen LogP contribution < -0.4 is 15.5 Å². The minimum atomic E-state index is -0.0689. The van der Waals surface area contributed by atoms with Gasteiger partial charge in [-0.15, -0.1) is 0 Å². The number of anilines is 2. The van der Waals surface area contributed by atoms with Crippen LogP contribution in [0.5, 0.6) is 0 Å². The Morgan fingerprint density at radius 3 is 2.59 bits per heavy atom. The molecule has 0 saturated carbocycles. The summed E-state index contributed by atoms with van der Waals surface area (Å²) in [4.78, 5) is 14.6. The largest absolute Gasteiger partial charge is 0.372 e. The fourth-order valence-corrected chi connectivity index (χ4v) is 2.88. The molecule has 3 atom stereocenters. The number of rotatable bonds is 5. The number of nitrogens with one attached hydrogen (secondary N) is 2. The molecule has 0 aromatic heterocycles. The highest BCUT2D eigenvalue weighted by atomic mass is 16.5. The van der Waals surface area contributed by atoms with Crippen LogP contribution in [0.15, 0.2) is 24.3 Å². The second-order valence-corrected chi connectivity index (χ2v) is 6.13. The Morgan fingerprint density at radius 1 is 1.32 bits per heavy atom. The Labute approximate surface area is 133 Å². The molecule has 1 fully saturated rings. The van der Waals surface area contributed by atoms with Gasteiger partial charge in [-0.25, -0.2) is 0 Å². The van der Waals surface area contributed by atoms with Crippen molar-refractivity contribution in [3.63, 3.8) is 0 Å². The van der Waals surface area contributed by atoms with Gasteiger partial charge in [0, 0.05) is 25.6 Å². The third-order valence-electron chi connectivity index (χ3n) is 3.88. The van der Waals surface area contributed by atoms with Crippen molar-refractivity contribution in [1.82, 2.24) is 5.32 Å². The quantitative estimate of drug-likeness (QED) is 0.875. The molecule has 1 aliphatic heterocycles. The maximum absolute atomic E-state index is 12.3. The van der Waals surface area contributed by atoms with E-state index < -0.39 is 0 Å². The fourth-order valence-electron chi connectivity index (χ4n) is 2.88. The molecule has 5 heteroatoms. The smallest absolute Gasteiger partial charge is 0.228 e. The van der Waals surface area contributed by atoms with Crippen LogP contribution in [0, 0.1) is 5.92 Å². The van der Waals surface area contributed by atoms with Crippen LogP contribution >= 0.6 is 0 Å². The number of carbonyl (C=O) groups excluding carboxylic acids is 1. The van der Waals surface area contributed by atoms with Crippen LogP contribution in [-0.2, 0) is 9.53 Å². The summed E-state index contributed by atoms with van der Waals surface area (Å²) in [5, 5.41) is 6.10. The maximum atomic E-state index is 12.3. The summed E-state index contributed by atoms with van der Waals surface area (Å²) < 4.78 is 5.79. The van der Waals surface area contributed by atoms with Gasteiger partial charge in [0.25, 0.3) is 0 Å². The molecule has 5 nitrogen and oxygen atoms in total. The SMILES string of the molecule is CNCC(C)C(=O)Nc1ccccc1N1CC(C)OC(C)C1. The number of amides is 1. The first-order valence-electron chi connectivity index (χ1n) is 7.96. The van der Waals surface area contributed by atoms with Crippen molar-refractivity contribution in [2.45, 2.75) is 33.0 Å². The topological polar surface area (TPSA) is 53.6 Å². The lowest BCUT2D eigenvalue weighted by molar-refractivity contribution is -0.119. The number of para-hydroxylation sites is 2. The Hall–Kier alpha value is -1.59. The highest BCUT2D eigenvalue weighted by Gasteiger charge is 2.24. The molecule has 122 valence electrons. The van der Waals surface area contributed by atoms with E-state index in [4.69, 9.17) is 4.74 Å². The molecular formula is C17H27N3O2. The number of hydrogen-bond acceptors (Lipinski definition) is 4. The van der Waals surface area contributed by atoms with Gasteiger partial charge < -0.3 is 20.3 Å². The van der Waals surface area contributed by atoms with Gasteiger partial charge in [-0.05, 0) is 33.0 Å². The lowest BCUT2D eigenvalue weighted by Gasteiger charge is -2.37. The molecule has 0 radical (unpaired) electrons. The van der Waals surface area contributed by atoms with Gasteiger partial charge in [-0.1, -0.05) is 19.1 Å². The summed E-state index contributed by atoms with van der Waals surface area (Å²) in [5.41, 5.74) is 1.94. The average Bonchev–Trinajstić information content (AvgIpc) is 2.47. The minimum absolute atomic E-state index is 0.0381. The van der Waals surface area contributed by atoms with E-state index in [1.165, 1.54) is 0 Å². The molecule has 1 aliphatic rings. The van der Waals surface area contributed by atoms with Crippen LogP contribution in [0.2, 0.25) is 0 Å². The van der Waals surface area contributed by atoms with Crippen LogP contribution in [-0.4, -0.2) is 44.8 Å². The number of hydrogen-bond donors (Lipinski definition) is 2. The first-order chi connectivity index (χ1) is 10.5. The third-order valence-corrected chi connectivity index (χ3v) is 3.88. The Bertz CT molecular complexity index is 496. The number of morpholine rings is 1. The molecule has 1 saturated heterocycles. The Morgan fingerprint density at radius 2 is 1.95 bits per heavy atom. The lowest BCUT2D eigenvalue weighted by Crippen LogP contribution is -2.45. The average molecular weight is 305 g/mol. The highest BCUT2D eigenvalue weighted by molar-refractivity contribution is 5.95. The van der Waals surface area contributed by atoms with Gasteiger partial charge >= 0.3 is 0 Å². The van der Waals surface area contributed by atoms with Crippen molar-refractivity contribution in [3.8, 4) is 0 Å². The third kappa shape index (κ3) is 4.21. The summed E-state index contributed by atoms with van der Waals surface area (Å²) in [5.74, 6) is -0.0308. The molecule has 2 N–H and O–H groups in total. The second-order valence-electron chi connectivity index (χ2n) is 6.13. The van der Waals surface area contributed by atoms with E-state index in [-0.39, 0.29) is 24.0 Å². The summed E-state index contributed by atoms with van der Waals surface area (Å²) in [6.07, 6.45) is 0.381. The van der Waals surface area contributed by atoms with Crippen molar-refractivity contribution >= 4 is 17.3 Å². The van der Waals surface area contributed by atoms with Crippen LogP contribution in [0.25, 0.3) is 0 Å². The molecule has 1 amide bonds. The highest BCUT2D eigenvalue weighted by Crippen LogP contribution is 2.28. The number of benzene rings is 1. The predicted octanol–water partition coefficient (Wildman–Crippen LogP) is 2.09. The molecule has 1 aromatic rings. The van der Waals surface area contributed by atoms with Crippen molar-refractivity contribution in [2.75, 3.05) is 36.9 Å². The number of ether oxygens (including phenoxy) is 1. The van der Waals surface area contributed by atoms with Gasteiger partial charge in [-0.2, -0.15) is 0 Å². The first-order valence-corrected chi connectivity index (χ1v) is 7.96. The van der Waals surface area contributed by atoms with E-state index in [1.54, 1.807) is 0 Å². The molecule has 3 unspecified atom stereocenters. The molecule has 2 rings (SSSR count). The molecule has 1 heterocycles. The van der Waals surface area contributed by atoms with Crippen LogP contribution in [0.4, 0.5) is 11.4 Å². The van der Waals surface area contributed by atoms with Crippen LogP contribution in [0.1, 0.15) is 20.8 Å². The van der Waals surface area contributed by atoms with Gasteiger partial charge in [0.15, 0.2) is 0 Å². The summed E-state index contributed by atoms with van der Waals surface area (Å²) in [6, 6.07) is 7.98. The van der Waals surface area contributed by atoms with Crippen molar-refractivity contribution in [1.29, 1.82) is 0 Å². The van der Waals surface area contributed by atoms with Gasteiger partial charge in [0.2, 0.25) is 5.91 Å². The molecule has 0 spiro atoms. The van der Waals surface area contributed by atoms with E-state index in [1.807, 2.05) is 32.2 Å². The molecular weight excluding hydrogens is 278 g/mol. The first kappa shape index (κ1) is 16.8. The molecule has 22 heavy (non-hydrogen) atoms. The van der Waals surface area contributed by atoms with Crippen molar-refractivity contribution in [3.05, 3.63) is 24.3 Å². The normalized spacial score (nSPS) is 23.2. The molecule has 0 bridgehead atoms. The zero-order chi connectivity index (χ0) is 16.1. The summed E-state index contributed by atoms with van der Waals surface area (Å²) >= 11 is 0. The molecule has 0 aliphatic carbocycles. The maximum Gasteiger partial charge on any atom is 0.228 e. The number of nitrogens with zero attached hydrogens (tertiary/aromatic N) is 1. The standard InChI is InChI=1S/C17H27N3O2/c1-12(9-18-4)17(21)19-15-7-5-6-8-16(15)20-10-13(2)22-14(3)11-20/h5-8,12-14,18H,9-11H2,1-4H3,(H,19,21). The predicted molar refractivity (Wildman–Crippen MR) is 90.4 cm³/mol. The van der Waals surface area contributed by atoms with E-state index in [0.717, 1.165) is 24.5 Å². The van der Waals surface area contributed by atoms with Gasteiger partial charge in [-0.3, -0.25) is 4.79 Å². The lowest BCUT2D eigenvalue weighted by atomic mass is 10.1. The Kier molecular flexibility index (Phi) is 5.80. The van der Waals surface area contributed by atoms with E-state index in [0.29, 0.717) is 6.54 Å². The van der Waals surface area contributed by atoms with Crippen LogP contribution in [0.3, 0.4) is 0 Å². The monoisotopic (exact) mass is 305 g/mol. The minimum Gasteiger partial charge on any atom is -0.372 e. The van der Waals surface area contributed by atoms with Crippen molar-refractivity contribution in [2.24, 2.45) is 5.92 Å². The van der Waals surface area contributed by atoms with E-state index >= 15 is 0 Å². The van der Waals surface area contributed by atoms with Gasteiger partial charge in [0.05, 0.1) is 23.6 Å². The van der Waals surface area contributed by atoms with E-state index in [2.05, 4.69) is 35.4 Å². The molecule has 1 aromatic carbocycles. The van der Waals surface area contributed by atoms with Gasteiger partial charge in [0.1, 0.15) is 0 Å². The second kappa shape index (κ2) is 7.61. The summed E-state index contributed by atoms with van der Waals surface area (Å²) in [7, 11) is 1.86.